The monoisotopic (exact) mass is 280 g/mol. The van der Waals surface area contributed by atoms with Gasteiger partial charge in [-0.25, -0.2) is 0 Å². The molecule has 1 saturated heterocycles. The first-order valence-corrected chi connectivity index (χ1v) is 7.55. The average molecular weight is 280 g/mol. The Morgan fingerprint density at radius 1 is 1.40 bits per heavy atom. The van der Waals surface area contributed by atoms with Crippen LogP contribution in [0.4, 0.5) is 0 Å². The predicted molar refractivity (Wildman–Crippen MR) is 79.7 cm³/mol. The molecular weight excluding hydrogens is 252 g/mol. The first kappa shape index (κ1) is 15.5. The molecule has 4 heteroatoms. The van der Waals surface area contributed by atoms with Crippen LogP contribution < -0.4 is 0 Å². The minimum atomic E-state index is -0.870. The van der Waals surface area contributed by atoms with E-state index in [0.717, 1.165) is 12.1 Å². The summed E-state index contributed by atoms with van der Waals surface area (Å²) in [5.41, 5.74) is -0.790. The molecule has 2 atom stereocenters. The third kappa shape index (κ3) is 2.77. The fourth-order valence-corrected chi connectivity index (χ4v) is 3.22. The lowest BCUT2D eigenvalue weighted by Gasteiger charge is -2.34. The van der Waals surface area contributed by atoms with Gasteiger partial charge in [0.2, 0.25) is 0 Å². The van der Waals surface area contributed by atoms with E-state index in [1.54, 1.807) is 0 Å². The molecule has 4 nitrogen and oxygen atoms in total. The molecule has 1 aliphatic rings. The first-order chi connectivity index (χ1) is 9.09. The van der Waals surface area contributed by atoms with E-state index in [2.05, 4.69) is 18.9 Å². The van der Waals surface area contributed by atoms with Gasteiger partial charge in [-0.3, -0.25) is 4.68 Å². The zero-order valence-corrected chi connectivity index (χ0v) is 13.6. The van der Waals surface area contributed by atoms with E-state index < -0.39 is 11.2 Å². The fourth-order valence-electron chi connectivity index (χ4n) is 3.22. The lowest BCUT2D eigenvalue weighted by atomic mass is 9.79. The summed E-state index contributed by atoms with van der Waals surface area (Å²) in [6.45, 7) is 12.3. The highest BCUT2D eigenvalue weighted by atomic mass is 16.5. The second-order valence-electron chi connectivity index (χ2n) is 7.30. The van der Waals surface area contributed by atoms with Crippen LogP contribution in [0.15, 0.2) is 12.3 Å². The highest BCUT2D eigenvalue weighted by Crippen LogP contribution is 2.46. The van der Waals surface area contributed by atoms with Gasteiger partial charge in [-0.1, -0.05) is 6.92 Å². The van der Waals surface area contributed by atoms with E-state index in [9.17, 15) is 5.11 Å². The Labute approximate surface area is 122 Å². The van der Waals surface area contributed by atoms with E-state index in [-0.39, 0.29) is 5.60 Å². The molecule has 114 valence electrons. The summed E-state index contributed by atoms with van der Waals surface area (Å²) in [7, 11) is 0. The molecule has 0 radical (unpaired) electrons. The van der Waals surface area contributed by atoms with E-state index in [4.69, 9.17) is 4.74 Å². The number of ether oxygens (including phenoxy) is 1. The van der Waals surface area contributed by atoms with E-state index in [1.165, 1.54) is 0 Å². The molecule has 2 unspecified atom stereocenters. The summed E-state index contributed by atoms with van der Waals surface area (Å²) in [5.74, 6) is 0. The number of aromatic nitrogens is 2. The van der Waals surface area contributed by atoms with Crippen molar-refractivity contribution in [1.82, 2.24) is 9.78 Å². The molecule has 0 amide bonds. The summed E-state index contributed by atoms with van der Waals surface area (Å²) >= 11 is 0. The number of hydrogen-bond acceptors (Lipinski definition) is 3. The zero-order valence-electron chi connectivity index (χ0n) is 13.6. The van der Waals surface area contributed by atoms with Crippen molar-refractivity contribution in [1.29, 1.82) is 0 Å². The van der Waals surface area contributed by atoms with Crippen molar-refractivity contribution in [2.75, 3.05) is 0 Å². The molecule has 2 heterocycles. The SMILES string of the molecule is CCC(C)n1ccc(CC2(O)CC(C)(C)OC2(C)C)n1. The van der Waals surface area contributed by atoms with Crippen molar-refractivity contribution in [3.63, 3.8) is 0 Å². The molecule has 1 aromatic rings. The number of rotatable bonds is 4. The van der Waals surface area contributed by atoms with Gasteiger partial charge in [0.1, 0.15) is 5.60 Å². The molecule has 2 rings (SSSR count). The highest BCUT2D eigenvalue weighted by Gasteiger charge is 2.56. The molecule has 1 fully saturated rings. The van der Waals surface area contributed by atoms with Gasteiger partial charge >= 0.3 is 0 Å². The average Bonchev–Trinajstić information content (AvgIpc) is 2.78. The summed E-state index contributed by atoms with van der Waals surface area (Å²) < 4.78 is 7.99. The van der Waals surface area contributed by atoms with Crippen LogP contribution in [0.1, 0.15) is 66.1 Å². The quantitative estimate of drug-likeness (QED) is 0.922. The molecule has 0 bridgehead atoms. The van der Waals surface area contributed by atoms with E-state index in [0.29, 0.717) is 18.9 Å². The largest absolute Gasteiger partial charge is 0.386 e. The summed E-state index contributed by atoms with van der Waals surface area (Å²) in [5, 5.41) is 15.6. The minimum absolute atomic E-state index is 0.294. The highest BCUT2D eigenvalue weighted by molar-refractivity contribution is 5.14. The van der Waals surface area contributed by atoms with Crippen molar-refractivity contribution in [3.8, 4) is 0 Å². The Morgan fingerprint density at radius 2 is 2.05 bits per heavy atom. The zero-order chi connectivity index (χ0) is 15.2. The van der Waals surface area contributed by atoms with Crippen LogP contribution in [0.25, 0.3) is 0 Å². The van der Waals surface area contributed by atoms with Crippen molar-refractivity contribution in [3.05, 3.63) is 18.0 Å². The lowest BCUT2D eigenvalue weighted by Crippen LogP contribution is -2.48. The minimum Gasteiger partial charge on any atom is -0.386 e. The summed E-state index contributed by atoms with van der Waals surface area (Å²) in [6.07, 6.45) is 4.21. The maximum absolute atomic E-state index is 11.0. The summed E-state index contributed by atoms with van der Waals surface area (Å²) in [4.78, 5) is 0. The van der Waals surface area contributed by atoms with Crippen LogP contribution in [0, 0.1) is 0 Å². The van der Waals surface area contributed by atoms with Gasteiger partial charge in [0, 0.05) is 25.1 Å². The fraction of sp³-hybridized carbons (Fsp3) is 0.812. The molecule has 0 aliphatic carbocycles. The topological polar surface area (TPSA) is 47.3 Å². The van der Waals surface area contributed by atoms with E-state index in [1.807, 2.05) is 44.6 Å². The van der Waals surface area contributed by atoms with Crippen molar-refractivity contribution in [2.45, 2.75) is 83.6 Å². The van der Waals surface area contributed by atoms with Crippen molar-refractivity contribution in [2.24, 2.45) is 0 Å². The Morgan fingerprint density at radius 3 is 2.55 bits per heavy atom. The standard InChI is InChI=1S/C16H28N2O2/c1-7-12(2)18-9-8-13(17-18)10-16(19)11-14(3,4)20-15(16,5)6/h8-9,12,19H,7,10-11H2,1-6H3. The van der Waals surface area contributed by atoms with Gasteiger partial charge in [0.15, 0.2) is 0 Å². The smallest absolute Gasteiger partial charge is 0.101 e. The normalized spacial score (nSPS) is 29.6. The number of nitrogens with zero attached hydrogens (tertiary/aromatic N) is 2. The predicted octanol–water partition coefficient (Wildman–Crippen LogP) is 3.11. The van der Waals surface area contributed by atoms with Gasteiger partial charge in [-0.05, 0) is 47.1 Å². The maximum atomic E-state index is 11.0. The molecule has 1 N–H and O–H groups in total. The molecule has 0 saturated carbocycles. The van der Waals surface area contributed by atoms with Crippen molar-refractivity contribution < 1.29 is 9.84 Å². The second kappa shape index (κ2) is 4.85. The lowest BCUT2D eigenvalue weighted by molar-refractivity contribution is -0.126. The Bertz CT molecular complexity index is 479. The van der Waals surface area contributed by atoms with Crippen LogP contribution in [-0.2, 0) is 11.2 Å². The van der Waals surface area contributed by atoms with Crippen LogP contribution in [0.2, 0.25) is 0 Å². The van der Waals surface area contributed by atoms with Gasteiger partial charge in [0.05, 0.1) is 16.9 Å². The third-order valence-electron chi connectivity index (χ3n) is 4.55. The Hall–Kier alpha value is -0.870. The van der Waals surface area contributed by atoms with Crippen LogP contribution >= 0.6 is 0 Å². The van der Waals surface area contributed by atoms with Crippen molar-refractivity contribution >= 4 is 0 Å². The molecule has 20 heavy (non-hydrogen) atoms. The number of aliphatic hydroxyl groups is 1. The molecule has 0 aromatic carbocycles. The summed E-state index contributed by atoms with van der Waals surface area (Å²) in [6, 6.07) is 2.40. The molecule has 1 aliphatic heterocycles. The maximum Gasteiger partial charge on any atom is 0.101 e. The first-order valence-electron chi connectivity index (χ1n) is 7.55. The van der Waals surface area contributed by atoms with Crippen LogP contribution in [-0.4, -0.2) is 31.7 Å². The molecular formula is C16H28N2O2. The Balaban J connectivity index is 2.18. The third-order valence-corrected chi connectivity index (χ3v) is 4.55. The number of hydrogen-bond donors (Lipinski definition) is 1. The second-order valence-corrected chi connectivity index (χ2v) is 7.30. The molecule has 1 aromatic heterocycles. The Kier molecular flexibility index (Phi) is 3.76. The van der Waals surface area contributed by atoms with Gasteiger partial charge in [-0.2, -0.15) is 5.10 Å². The van der Waals surface area contributed by atoms with E-state index >= 15 is 0 Å². The molecule has 0 spiro atoms. The van der Waals surface area contributed by atoms with Crippen LogP contribution in [0.5, 0.6) is 0 Å². The van der Waals surface area contributed by atoms with Gasteiger partial charge in [-0.15, -0.1) is 0 Å². The van der Waals surface area contributed by atoms with Gasteiger partial charge < -0.3 is 9.84 Å². The van der Waals surface area contributed by atoms with Gasteiger partial charge in [0.25, 0.3) is 0 Å². The van der Waals surface area contributed by atoms with Crippen LogP contribution in [0.3, 0.4) is 0 Å².